The second-order valence-electron chi connectivity index (χ2n) is 9.58. The molecule has 4 rings (SSSR count). The number of thioether (sulfide) groups is 2. The maximum absolute atomic E-state index is 13.2. The Morgan fingerprint density at radius 2 is 1.50 bits per heavy atom. The number of hydrogen-bond acceptors (Lipinski definition) is 7. The average Bonchev–Trinajstić information content (AvgIpc) is 3.13. The lowest BCUT2D eigenvalue weighted by Gasteiger charge is -2.33. The fourth-order valence-electron chi connectivity index (χ4n) is 4.19. The first-order valence-corrected chi connectivity index (χ1v) is 14.4. The third-order valence-corrected chi connectivity index (χ3v) is 9.70. The summed E-state index contributed by atoms with van der Waals surface area (Å²) in [5.41, 5.74) is -1.83. The van der Waals surface area contributed by atoms with Gasteiger partial charge in [0.15, 0.2) is 5.41 Å². The monoisotopic (exact) mass is 627 g/mol. The Labute approximate surface area is 239 Å². The van der Waals surface area contributed by atoms with E-state index in [0.29, 0.717) is 46.0 Å². The van der Waals surface area contributed by atoms with E-state index in [-0.39, 0.29) is 31.2 Å². The van der Waals surface area contributed by atoms with Gasteiger partial charge in [-0.05, 0) is 55.3 Å². The molecule has 0 saturated carbocycles. The van der Waals surface area contributed by atoms with Crippen molar-refractivity contribution < 1.29 is 45.4 Å². The van der Waals surface area contributed by atoms with E-state index in [2.05, 4.69) is 5.32 Å². The Bertz CT molecular complexity index is 1240. The van der Waals surface area contributed by atoms with E-state index in [9.17, 15) is 35.9 Å². The van der Waals surface area contributed by atoms with Gasteiger partial charge >= 0.3 is 24.3 Å². The number of nitrogens with one attached hydrogen (secondary N) is 1. The smallest absolute Gasteiger partial charge is 0.403 e. The summed E-state index contributed by atoms with van der Waals surface area (Å²) >= 11 is 8.38. The fraction of sp³-hybridized carbons (Fsp3) is 0.462. The molecule has 0 bridgehead atoms. The van der Waals surface area contributed by atoms with Crippen molar-refractivity contribution in [2.24, 2.45) is 5.41 Å². The van der Waals surface area contributed by atoms with Gasteiger partial charge in [0.1, 0.15) is 0 Å². The number of halogens is 7. The van der Waals surface area contributed by atoms with Crippen LogP contribution in [-0.2, 0) is 37.0 Å². The number of ether oxygens (including phenoxy) is 2. The molecule has 1 saturated heterocycles. The SMILES string of the molecule is CC(CSc1ccc(CSc2c(Cl)ccc3c2CCNCC32OC(=O)CCC(=O)O2)cc1)(C(F)(F)F)C(F)(F)F. The Morgan fingerprint density at radius 1 is 0.900 bits per heavy atom. The van der Waals surface area contributed by atoms with Crippen LogP contribution in [0.25, 0.3) is 0 Å². The predicted molar refractivity (Wildman–Crippen MR) is 138 cm³/mol. The number of alkyl halides is 6. The number of fused-ring (bicyclic) bond motifs is 2. The van der Waals surface area contributed by atoms with Gasteiger partial charge in [0.2, 0.25) is 0 Å². The van der Waals surface area contributed by atoms with E-state index < -0.39 is 41.2 Å². The van der Waals surface area contributed by atoms with Crippen molar-refractivity contribution >= 4 is 47.1 Å². The molecule has 0 atom stereocenters. The Kier molecular flexibility index (Phi) is 8.99. The average molecular weight is 628 g/mol. The molecule has 2 aliphatic rings. The second-order valence-corrected chi connectivity index (χ2v) is 12.0. The molecule has 0 radical (unpaired) electrons. The lowest BCUT2D eigenvalue weighted by molar-refractivity contribution is -0.325. The fourth-order valence-corrected chi connectivity index (χ4v) is 6.74. The van der Waals surface area contributed by atoms with Gasteiger partial charge in [-0.3, -0.25) is 9.59 Å². The van der Waals surface area contributed by atoms with Crippen molar-refractivity contribution in [2.75, 3.05) is 18.8 Å². The maximum Gasteiger partial charge on any atom is 0.403 e. The molecule has 1 fully saturated rings. The summed E-state index contributed by atoms with van der Waals surface area (Å²) in [7, 11) is 0. The minimum Gasteiger partial charge on any atom is -0.416 e. The number of esters is 2. The van der Waals surface area contributed by atoms with Crippen LogP contribution in [0.2, 0.25) is 5.02 Å². The first-order valence-electron chi connectivity index (χ1n) is 12.1. The summed E-state index contributed by atoms with van der Waals surface area (Å²) in [5.74, 6) is -3.58. The molecule has 40 heavy (non-hydrogen) atoms. The first kappa shape index (κ1) is 30.9. The molecule has 2 aliphatic heterocycles. The van der Waals surface area contributed by atoms with E-state index in [0.717, 1.165) is 11.1 Å². The lowest BCUT2D eigenvalue weighted by Crippen LogP contribution is -2.49. The van der Waals surface area contributed by atoms with Crippen LogP contribution in [0.3, 0.4) is 0 Å². The van der Waals surface area contributed by atoms with Gasteiger partial charge in [-0.15, -0.1) is 23.5 Å². The summed E-state index contributed by atoms with van der Waals surface area (Å²) < 4.78 is 90.4. The number of carbonyl (C=O) groups excluding carboxylic acids is 2. The van der Waals surface area contributed by atoms with Crippen molar-refractivity contribution in [3.05, 3.63) is 58.1 Å². The van der Waals surface area contributed by atoms with Crippen molar-refractivity contribution in [3.63, 3.8) is 0 Å². The van der Waals surface area contributed by atoms with Crippen LogP contribution in [0.5, 0.6) is 0 Å². The maximum atomic E-state index is 13.2. The van der Waals surface area contributed by atoms with Gasteiger partial charge < -0.3 is 14.8 Å². The molecule has 1 spiro atoms. The molecular weight excluding hydrogens is 604 g/mol. The van der Waals surface area contributed by atoms with Gasteiger partial charge in [0.25, 0.3) is 5.79 Å². The molecule has 14 heteroatoms. The molecule has 218 valence electrons. The van der Waals surface area contributed by atoms with Crippen molar-refractivity contribution in [1.82, 2.24) is 5.32 Å². The van der Waals surface area contributed by atoms with Crippen LogP contribution in [-0.4, -0.2) is 43.1 Å². The molecule has 2 aromatic rings. The van der Waals surface area contributed by atoms with E-state index >= 15 is 0 Å². The Balaban J connectivity index is 1.52. The van der Waals surface area contributed by atoms with Gasteiger partial charge in [-0.2, -0.15) is 26.3 Å². The molecular formula is C26H24ClF6NO4S2. The van der Waals surface area contributed by atoms with Gasteiger partial charge in [0, 0.05) is 26.9 Å². The van der Waals surface area contributed by atoms with Gasteiger partial charge in [0.05, 0.1) is 24.4 Å². The highest BCUT2D eigenvalue weighted by Gasteiger charge is 2.67. The minimum atomic E-state index is -5.44. The van der Waals surface area contributed by atoms with Crippen LogP contribution in [0, 0.1) is 5.41 Å². The third kappa shape index (κ3) is 6.37. The predicted octanol–water partition coefficient (Wildman–Crippen LogP) is 7.03. The zero-order valence-corrected chi connectivity index (χ0v) is 23.4. The zero-order valence-electron chi connectivity index (χ0n) is 21.0. The van der Waals surface area contributed by atoms with Crippen LogP contribution < -0.4 is 5.32 Å². The summed E-state index contributed by atoms with van der Waals surface area (Å²) in [5, 5.41) is 3.57. The number of benzene rings is 2. The van der Waals surface area contributed by atoms with E-state index in [4.69, 9.17) is 21.1 Å². The van der Waals surface area contributed by atoms with Crippen molar-refractivity contribution in [1.29, 1.82) is 0 Å². The molecule has 0 aliphatic carbocycles. The molecule has 0 unspecified atom stereocenters. The highest BCUT2D eigenvalue weighted by molar-refractivity contribution is 7.99. The molecule has 1 N–H and O–H groups in total. The Hall–Kier alpha value is -2.09. The molecule has 0 amide bonds. The van der Waals surface area contributed by atoms with Crippen LogP contribution in [0.4, 0.5) is 26.3 Å². The van der Waals surface area contributed by atoms with Crippen LogP contribution in [0.1, 0.15) is 36.5 Å². The van der Waals surface area contributed by atoms with E-state index in [1.54, 1.807) is 24.3 Å². The standard InChI is InChI=1S/C26H24ClF6NO4S2/c1-23(25(28,29)30,26(31,32)33)14-40-16-4-2-15(3-5-16)12-39-22-17-10-11-34-13-24(18(17)6-7-19(22)27)37-20(35)8-9-21(36)38-24/h2-7,34H,8-14H2,1H3. The molecule has 5 nitrogen and oxygen atoms in total. The normalized spacial score (nSPS) is 18.0. The topological polar surface area (TPSA) is 64.6 Å². The van der Waals surface area contributed by atoms with Crippen LogP contribution >= 0.6 is 35.1 Å². The molecule has 2 heterocycles. The number of hydrogen-bond donors (Lipinski definition) is 1. The second kappa shape index (κ2) is 11.7. The summed E-state index contributed by atoms with van der Waals surface area (Å²) in [6.45, 7) is 0.733. The summed E-state index contributed by atoms with van der Waals surface area (Å²) in [6.07, 6.45) is -10.6. The number of carbonyl (C=O) groups is 2. The van der Waals surface area contributed by atoms with E-state index in [1.807, 2.05) is 0 Å². The van der Waals surface area contributed by atoms with Gasteiger partial charge in [-0.25, -0.2) is 0 Å². The third-order valence-electron chi connectivity index (χ3n) is 6.71. The number of rotatable bonds is 6. The molecule has 0 aromatic heterocycles. The van der Waals surface area contributed by atoms with Gasteiger partial charge in [-0.1, -0.05) is 23.7 Å². The zero-order chi connectivity index (χ0) is 29.3. The quantitative estimate of drug-likeness (QED) is 0.210. The summed E-state index contributed by atoms with van der Waals surface area (Å²) in [6, 6.07) is 9.50. The van der Waals surface area contributed by atoms with Crippen molar-refractivity contribution in [2.45, 2.75) is 59.9 Å². The highest BCUT2D eigenvalue weighted by Crippen LogP contribution is 2.52. The van der Waals surface area contributed by atoms with Crippen LogP contribution in [0.15, 0.2) is 46.2 Å². The van der Waals surface area contributed by atoms with Crippen molar-refractivity contribution in [3.8, 4) is 0 Å². The first-order chi connectivity index (χ1) is 18.7. The highest BCUT2D eigenvalue weighted by atomic mass is 35.5. The summed E-state index contributed by atoms with van der Waals surface area (Å²) in [4.78, 5) is 25.5. The van der Waals surface area contributed by atoms with E-state index in [1.165, 1.54) is 23.9 Å². The largest absolute Gasteiger partial charge is 0.416 e. The molecule has 2 aromatic carbocycles. The minimum absolute atomic E-state index is 0.0735. The lowest BCUT2D eigenvalue weighted by atomic mass is 9.92. The Morgan fingerprint density at radius 3 is 2.08 bits per heavy atom.